The fourth-order valence-corrected chi connectivity index (χ4v) is 2.76. The molecule has 1 amide bonds. The molecule has 1 fully saturated rings. The predicted octanol–water partition coefficient (Wildman–Crippen LogP) is 3.11. The fourth-order valence-electron chi connectivity index (χ4n) is 2.76. The number of nitrogens with zero attached hydrogens (tertiary/aromatic N) is 3. The molecule has 1 aliphatic heterocycles. The summed E-state index contributed by atoms with van der Waals surface area (Å²) in [5, 5.41) is 4.09. The van der Waals surface area contributed by atoms with Gasteiger partial charge < -0.3 is 13.8 Å². The highest BCUT2D eigenvalue weighted by Crippen LogP contribution is 2.27. The summed E-state index contributed by atoms with van der Waals surface area (Å²) >= 11 is 0. The zero-order valence-corrected chi connectivity index (χ0v) is 13.2. The Morgan fingerprint density at radius 3 is 2.91 bits per heavy atom. The number of amides is 1. The average Bonchev–Trinajstić information content (AvgIpc) is 3.15. The summed E-state index contributed by atoms with van der Waals surface area (Å²) in [7, 11) is 0. The molecule has 2 aromatic rings. The minimum absolute atomic E-state index is 0.0558. The van der Waals surface area contributed by atoms with Gasteiger partial charge in [-0.2, -0.15) is 4.98 Å². The van der Waals surface area contributed by atoms with Gasteiger partial charge in [0.05, 0.1) is 6.26 Å². The van der Waals surface area contributed by atoms with Crippen molar-refractivity contribution in [3.8, 4) is 0 Å². The molecule has 0 N–H and O–H groups in total. The lowest BCUT2D eigenvalue weighted by molar-refractivity contribution is 0.0670. The molecule has 6 nitrogen and oxygen atoms in total. The highest BCUT2D eigenvalue weighted by atomic mass is 16.5. The van der Waals surface area contributed by atoms with E-state index in [1.54, 1.807) is 6.26 Å². The Hall–Kier alpha value is -2.11. The topological polar surface area (TPSA) is 72.4 Å². The van der Waals surface area contributed by atoms with Gasteiger partial charge in [-0.25, -0.2) is 0 Å². The molecule has 0 bridgehead atoms. The van der Waals surface area contributed by atoms with E-state index in [4.69, 9.17) is 8.94 Å². The number of piperidine rings is 1. The van der Waals surface area contributed by atoms with E-state index in [-0.39, 0.29) is 17.7 Å². The zero-order valence-electron chi connectivity index (χ0n) is 13.2. The van der Waals surface area contributed by atoms with Gasteiger partial charge in [-0.15, -0.1) is 0 Å². The van der Waals surface area contributed by atoms with Crippen LogP contribution in [0.4, 0.5) is 0 Å². The van der Waals surface area contributed by atoms with Gasteiger partial charge in [0, 0.05) is 30.5 Å². The van der Waals surface area contributed by atoms with Gasteiger partial charge >= 0.3 is 0 Å². The van der Waals surface area contributed by atoms with E-state index in [0.29, 0.717) is 24.0 Å². The molecule has 0 aromatic carbocycles. The van der Waals surface area contributed by atoms with E-state index in [1.165, 1.54) is 0 Å². The standard InChI is InChI=1S/C16H21N3O3/c1-10(2)15-17-14(18-22-15)12-5-4-7-19(9-12)16(20)13-11(3)6-8-21-13/h6,8,10,12H,4-5,7,9H2,1-3H3. The molecule has 0 saturated carbocycles. The normalized spacial score (nSPS) is 18.9. The SMILES string of the molecule is Cc1ccoc1C(=O)N1CCCC(c2noc(C(C)C)n2)C1. The lowest BCUT2D eigenvalue weighted by Crippen LogP contribution is -2.39. The van der Waals surface area contributed by atoms with Crippen molar-refractivity contribution in [1.29, 1.82) is 0 Å². The highest BCUT2D eigenvalue weighted by molar-refractivity contribution is 5.92. The molecule has 0 spiro atoms. The first-order chi connectivity index (χ1) is 10.6. The first-order valence-electron chi connectivity index (χ1n) is 7.73. The van der Waals surface area contributed by atoms with E-state index in [0.717, 1.165) is 24.9 Å². The second kappa shape index (κ2) is 5.94. The van der Waals surface area contributed by atoms with Gasteiger partial charge in [0.1, 0.15) is 0 Å². The Bertz CT molecular complexity index is 659. The van der Waals surface area contributed by atoms with Crippen LogP contribution in [0.25, 0.3) is 0 Å². The Balaban J connectivity index is 1.73. The Morgan fingerprint density at radius 2 is 2.27 bits per heavy atom. The van der Waals surface area contributed by atoms with Crippen molar-refractivity contribution in [3.63, 3.8) is 0 Å². The van der Waals surface area contributed by atoms with Crippen molar-refractivity contribution < 1.29 is 13.7 Å². The van der Waals surface area contributed by atoms with Crippen LogP contribution in [-0.4, -0.2) is 34.0 Å². The third kappa shape index (κ3) is 2.77. The summed E-state index contributed by atoms with van der Waals surface area (Å²) in [6, 6.07) is 1.81. The molecule has 6 heteroatoms. The van der Waals surface area contributed by atoms with Crippen molar-refractivity contribution >= 4 is 5.91 Å². The van der Waals surface area contributed by atoms with Gasteiger partial charge in [-0.05, 0) is 25.8 Å². The van der Waals surface area contributed by atoms with E-state index in [9.17, 15) is 4.79 Å². The lowest BCUT2D eigenvalue weighted by Gasteiger charge is -2.30. The summed E-state index contributed by atoms with van der Waals surface area (Å²) in [4.78, 5) is 18.8. The Morgan fingerprint density at radius 1 is 1.45 bits per heavy atom. The van der Waals surface area contributed by atoms with Crippen molar-refractivity contribution in [1.82, 2.24) is 15.0 Å². The molecule has 118 valence electrons. The molecular weight excluding hydrogens is 282 g/mol. The van der Waals surface area contributed by atoms with Gasteiger partial charge in [-0.3, -0.25) is 4.79 Å². The third-order valence-corrected chi connectivity index (χ3v) is 4.08. The second-order valence-electron chi connectivity index (χ2n) is 6.17. The van der Waals surface area contributed by atoms with Crippen LogP contribution in [0.1, 0.15) is 66.4 Å². The summed E-state index contributed by atoms with van der Waals surface area (Å²) in [5.41, 5.74) is 0.869. The maximum Gasteiger partial charge on any atom is 0.289 e. The number of aromatic nitrogens is 2. The van der Waals surface area contributed by atoms with Crippen molar-refractivity contribution in [2.24, 2.45) is 0 Å². The summed E-state index contributed by atoms with van der Waals surface area (Å²) in [6.07, 6.45) is 3.46. The van der Waals surface area contributed by atoms with Gasteiger partial charge in [-0.1, -0.05) is 19.0 Å². The Kier molecular flexibility index (Phi) is 4.00. The van der Waals surface area contributed by atoms with E-state index >= 15 is 0 Å². The number of aryl methyl sites for hydroxylation is 1. The molecule has 0 radical (unpaired) electrons. The molecular formula is C16H21N3O3. The number of hydrogen-bond donors (Lipinski definition) is 0. The van der Waals surface area contributed by atoms with Crippen LogP contribution in [0.3, 0.4) is 0 Å². The first-order valence-corrected chi connectivity index (χ1v) is 7.73. The van der Waals surface area contributed by atoms with Crippen LogP contribution in [0.15, 0.2) is 21.3 Å². The minimum atomic E-state index is -0.0558. The fraction of sp³-hybridized carbons (Fsp3) is 0.562. The van der Waals surface area contributed by atoms with Gasteiger partial charge in [0.2, 0.25) is 5.89 Å². The third-order valence-electron chi connectivity index (χ3n) is 4.08. The van der Waals surface area contributed by atoms with Crippen molar-refractivity contribution in [2.75, 3.05) is 13.1 Å². The maximum atomic E-state index is 12.5. The summed E-state index contributed by atoms with van der Waals surface area (Å²) in [5.74, 6) is 2.08. The molecule has 1 unspecified atom stereocenters. The second-order valence-corrected chi connectivity index (χ2v) is 6.17. The van der Waals surface area contributed by atoms with Crippen LogP contribution in [0.2, 0.25) is 0 Å². The van der Waals surface area contributed by atoms with Crippen LogP contribution in [0.5, 0.6) is 0 Å². The van der Waals surface area contributed by atoms with Crippen LogP contribution in [-0.2, 0) is 0 Å². The number of rotatable bonds is 3. The molecule has 1 atom stereocenters. The van der Waals surface area contributed by atoms with Crippen molar-refractivity contribution in [3.05, 3.63) is 35.4 Å². The van der Waals surface area contributed by atoms with E-state index in [2.05, 4.69) is 10.1 Å². The average molecular weight is 303 g/mol. The first kappa shape index (κ1) is 14.8. The van der Waals surface area contributed by atoms with Crippen LogP contribution >= 0.6 is 0 Å². The molecule has 1 aliphatic rings. The summed E-state index contributed by atoms with van der Waals surface area (Å²) in [6.45, 7) is 7.27. The molecule has 3 rings (SSSR count). The monoisotopic (exact) mass is 303 g/mol. The van der Waals surface area contributed by atoms with Crippen LogP contribution < -0.4 is 0 Å². The molecule has 3 heterocycles. The summed E-state index contributed by atoms with van der Waals surface area (Å²) < 4.78 is 10.6. The van der Waals surface area contributed by atoms with Gasteiger partial charge in [0.15, 0.2) is 11.6 Å². The van der Waals surface area contributed by atoms with E-state index < -0.39 is 0 Å². The molecule has 1 saturated heterocycles. The smallest absolute Gasteiger partial charge is 0.289 e. The molecule has 0 aliphatic carbocycles. The highest BCUT2D eigenvalue weighted by Gasteiger charge is 2.30. The maximum absolute atomic E-state index is 12.5. The number of furan rings is 1. The Labute approximate surface area is 129 Å². The zero-order chi connectivity index (χ0) is 15.7. The number of likely N-dealkylation sites (tertiary alicyclic amines) is 1. The number of carbonyl (C=O) groups excluding carboxylic acids is 1. The minimum Gasteiger partial charge on any atom is -0.459 e. The largest absolute Gasteiger partial charge is 0.459 e. The molecule has 22 heavy (non-hydrogen) atoms. The number of carbonyl (C=O) groups is 1. The van der Waals surface area contributed by atoms with Crippen LogP contribution in [0, 0.1) is 6.92 Å². The quantitative estimate of drug-likeness (QED) is 0.871. The van der Waals surface area contributed by atoms with Gasteiger partial charge in [0.25, 0.3) is 5.91 Å². The lowest BCUT2D eigenvalue weighted by atomic mass is 9.97. The van der Waals surface area contributed by atoms with Crippen molar-refractivity contribution in [2.45, 2.75) is 45.4 Å². The number of hydrogen-bond acceptors (Lipinski definition) is 5. The van der Waals surface area contributed by atoms with E-state index in [1.807, 2.05) is 31.7 Å². The molecule has 2 aromatic heterocycles. The predicted molar refractivity (Wildman–Crippen MR) is 79.7 cm³/mol.